The molecule has 2 rings (SSSR count). The summed E-state index contributed by atoms with van der Waals surface area (Å²) in [5.41, 5.74) is 0.283. The molecule has 3 nitrogen and oxygen atoms in total. The first-order valence-electron chi connectivity index (χ1n) is 5.60. The molecule has 82 valence electrons. The Labute approximate surface area is 86.2 Å². The van der Waals surface area contributed by atoms with E-state index in [1.807, 2.05) is 0 Å². The molecule has 1 N–H and O–H groups in total. The SMILES string of the molecule is CCOC1CC(NC2COC2)C1(C)C. The lowest BCUT2D eigenvalue weighted by atomic mass is 9.64. The Kier molecular flexibility index (Phi) is 2.82. The second kappa shape index (κ2) is 3.80. The second-order valence-corrected chi connectivity index (χ2v) is 4.95. The average Bonchev–Trinajstić information content (AvgIpc) is 2.07. The highest BCUT2D eigenvalue weighted by molar-refractivity contribution is 5.04. The lowest BCUT2D eigenvalue weighted by molar-refractivity contribution is -0.127. The Morgan fingerprint density at radius 2 is 2.14 bits per heavy atom. The minimum absolute atomic E-state index is 0.283. The van der Waals surface area contributed by atoms with Gasteiger partial charge in [-0.15, -0.1) is 0 Å². The molecule has 0 spiro atoms. The fourth-order valence-electron chi connectivity index (χ4n) is 2.27. The fourth-order valence-corrected chi connectivity index (χ4v) is 2.27. The van der Waals surface area contributed by atoms with E-state index in [9.17, 15) is 0 Å². The highest BCUT2D eigenvalue weighted by atomic mass is 16.5. The quantitative estimate of drug-likeness (QED) is 0.737. The van der Waals surface area contributed by atoms with Gasteiger partial charge in [-0.2, -0.15) is 0 Å². The predicted molar refractivity (Wildman–Crippen MR) is 55.3 cm³/mol. The molecule has 1 heterocycles. The van der Waals surface area contributed by atoms with Crippen LogP contribution in [0.1, 0.15) is 27.2 Å². The van der Waals surface area contributed by atoms with Gasteiger partial charge < -0.3 is 14.8 Å². The first-order chi connectivity index (χ1) is 6.64. The first-order valence-corrected chi connectivity index (χ1v) is 5.60. The van der Waals surface area contributed by atoms with Gasteiger partial charge in [0.2, 0.25) is 0 Å². The van der Waals surface area contributed by atoms with Crippen molar-refractivity contribution in [1.82, 2.24) is 5.32 Å². The molecule has 3 heteroatoms. The van der Waals surface area contributed by atoms with E-state index in [4.69, 9.17) is 9.47 Å². The van der Waals surface area contributed by atoms with Crippen molar-refractivity contribution in [3.8, 4) is 0 Å². The lowest BCUT2D eigenvalue weighted by Gasteiger charge is -2.53. The summed E-state index contributed by atoms with van der Waals surface area (Å²) in [7, 11) is 0. The van der Waals surface area contributed by atoms with Crippen LogP contribution in [0.2, 0.25) is 0 Å². The molecule has 0 amide bonds. The van der Waals surface area contributed by atoms with Crippen molar-refractivity contribution in [1.29, 1.82) is 0 Å². The van der Waals surface area contributed by atoms with Crippen LogP contribution in [0.15, 0.2) is 0 Å². The fraction of sp³-hybridized carbons (Fsp3) is 1.00. The van der Waals surface area contributed by atoms with Gasteiger partial charge in [0.05, 0.1) is 25.4 Å². The summed E-state index contributed by atoms with van der Waals surface area (Å²) in [6.07, 6.45) is 1.59. The molecule has 2 atom stereocenters. The summed E-state index contributed by atoms with van der Waals surface area (Å²) in [6.45, 7) is 9.23. The number of nitrogens with one attached hydrogen (secondary N) is 1. The Balaban J connectivity index is 1.79. The van der Waals surface area contributed by atoms with Crippen molar-refractivity contribution < 1.29 is 9.47 Å². The normalized spacial score (nSPS) is 36.2. The molecule has 1 saturated carbocycles. The van der Waals surface area contributed by atoms with Crippen molar-refractivity contribution in [2.45, 2.75) is 45.4 Å². The lowest BCUT2D eigenvalue weighted by Crippen LogP contribution is -2.65. The summed E-state index contributed by atoms with van der Waals surface area (Å²) < 4.78 is 10.8. The molecular formula is C11H21NO2. The van der Waals surface area contributed by atoms with Gasteiger partial charge in [0.1, 0.15) is 0 Å². The van der Waals surface area contributed by atoms with Crippen molar-refractivity contribution in [3.63, 3.8) is 0 Å². The number of hydrogen-bond acceptors (Lipinski definition) is 3. The summed E-state index contributed by atoms with van der Waals surface area (Å²) >= 11 is 0. The molecule has 1 aliphatic carbocycles. The van der Waals surface area contributed by atoms with Gasteiger partial charge in [0.25, 0.3) is 0 Å². The summed E-state index contributed by atoms with van der Waals surface area (Å²) in [5, 5.41) is 3.63. The van der Waals surface area contributed by atoms with Gasteiger partial charge >= 0.3 is 0 Å². The molecule has 2 fully saturated rings. The zero-order chi connectivity index (χ0) is 10.2. The smallest absolute Gasteiger partial charge is 0.0655 e. The maximum absolute atomic E-state index is 5.69. The summed E-state index contributed by atoms with van der Waals surface area (Å²) in [6, 6.07) is 1.19. The summed E-state index contributed by atoms with van der Waals surface area (Å²) in [4.78, 5) is 0. The largest absolute Gasteiger partial charge is 0.378 e. The zero-order valence-corrected chi connectivity index (χ0v) is 9.38. The number of ether oxygens (including phenoxy) is 2. The minimum Gasteiger partial charge on any atom is -0.378 e. The zero-order valence-electron chi connectivity index (χ0n) is 9.38. The van der Waals surface area contributed by atoms with Gasteiger partial charge in [-0.1, -0.05) is 13.8 Å². The molecule has 0 bridgehead atoms. The highest BCUT2D eigenvalue weighted by Gasteiger charge is 2.49. The number of hydrogen-bond donors (Lipinski definition) is 1. The summed E-state index contributed by atoms with van der Waals surface area (Å²) in [5.74, 6) is 0. The van der Waals surface area contributed by atoms with Crippen LogP contribution in [-0.2, 0) is 9.47 Å². The van der Waals surface area contributed by atoms with E-state index in [1.165, 1.54) is 0 Å². The van der Waals surface area contributed by atoms with E-state index < -0.39 is 0 Å². The van der Waals surface area contributed by atoms with Gasteiger partial charge in [0.15, 0.2) is 0 Å². The molecule has 0 aromatic carbocycles. The minimum atomic E-state index is 0.283. The van der Waals surface area contributed by atoms with E-state index in [0.717, 1.165) is 26.2 Å². The molecule has 1 saturated heterocycles. The molecule has 14 heavy (non-hydrogen) atoms. The second-order valence-electron chi connectivity index (χ2n) is 4.95. The Bertz CT molecular complexity index is 201. The Hall–Kier alpha value is -0.120. The molecule has 2 aliphatic rings. The van der Waals surface area contributed by atoms with Crippen LogP contribution in [0.5, 0.6) is 0 Å². The van der Waals surface area contributed by atoms with Crippen LogP contribution >= 0.6 is 0 Å². The maximum atomic E-state index is 5.69. The molecule has 1 aliphatic heterocycles. The van der Waals surface area contributed by atoms with Crippen LogP contribution < -0.4 is 5.32 Å². The molecule has 2 unspecified atom stereocenters. The van der Waals surface area contributed by atoms with E-state index >= 15 is 0 Å². The number of rotatable bonds is 4. The predicted octanol–water partition coefficient (Wildman–Crippen LogP) is 1.18. The van der Waals surface area contributed by atoms with Gasteiger partial charge in [-0.05, 0) is 13.3 Å². The van der Waals surface area contributed by atoms with E-state index in [0.29, 0.717) is 18.2 Å². The van der Waals surface area contributed by atoms with Crippen molar-refractivity contribution in [3.05, 3.63) is 0 Å². The van der Waals surface area contributed by atoms with Gasteiger partial charge in [0, 0.05) is 18.1 Å². The third-order valence-electron chi connectivity index (χ3n) is 3.62. The van der Waals surface area contributed by atoms with Crippen molar-refractivity contribution >= 4 is 0 Å². The molecular weight excluding hydrogens is 178 g/mol. The van der Waals surface area contributed by atoms with Crippen LogP contribution in [0.3, 0.4) is 0 Å². The maximum Gasteiger partial charge on any atom is 0.0655 e. The van der Waals surface area contributed by atoms with Crippen LogP contribution in [0.25, 0.3) is 0 Å². The van der Waals surface area contributed by atoms with Crippen LogP contribution in [0.4, 0.5) is 0 Å². The topological polar surface area (TPSA) is 30.5 Å². The molecule has 0 radical (unpaired) electrons. The monoisotopic (exact) mass is 199 g/mol. The van der Waals surface area contributed by atoms with Crippen LogP contribution in [0, 0.1) is 5.41 Å². The van der Waals surface area contributed by atoms with Crippen LogP contribution in [-0.4, -0.2) is 38.0 Å². The Morgan fingerprint density at radius 3 is 2.57 bits per heavy atom. The third kappa shape index (κ3) is 1.69. The van der Waals surface area contributed by atoms with Gasteiger partial charge in [-0.25, -0.2) is 0 Å². The van der Waals surface area contributed by atoms with Crippen molar-refractivity contribution in [2.24, 2.45) is 5.41 Å². The van der Waals surface area contributed by atoms with E-state index in [2.05, 4.69) is 26.1 Å². The molecule has 0 aromatic heterocycles. The highest BCUT2D eigenvalue weighted by Crippen LogP contribution is 2.43. The third-order valence-corrected chi connectivity index (χ3v) is 3.62. The van der Waals surface area contributed by atoms with E-state index in [1.54, 1.807) is 0 Å². The standard InChI is InChI=1S/C11H21NO2/c1-4-14-10-5-9(11(10,2)3)12-8-6-13-7-8/h8-10,12H,4-7H2,1-3H3. The first kappa shape index (κ1) is 10.4. The average molecular weight is 199 g/mol. The van der Waals surface area contributed by atoms with Gasteiger partial charge in [-0.3, -0.25) is 0 Å². The Morgan fingerprint density at radius 1 is 1.43 bits per heavy atom. The molecule has 0 aromatic rings. The van der Waals surface area contributed by atoms with Crippen molar-refractivity contribution in [2.75, 3.05) is 19.8 Å². The van der Waals surface area contributed by atoms with E-state index in [-0.39, 0.29) is 5.41 Å².